The van der Waals surface area contributed by atoms with Crippen molar-refractivity contribution in [2.45, 2.75) is 0 Å². The lowest BCUT2D eigenvalue weighted by molar-refractivity contribution is 0.669. The van der Waals surface area contributed by atoms with E-state index in [2.05, 4.69) is 138 Å². The summed E-state index contributed by atoms with van der Waals surface area (Å²) in [6, 6.07) is 66.8. The van der Waals surface area contributed by atoms with Gasteiger partial charge in [0.25, 0.3) is 0 Å². The van der Waals surface area contributed by atoms with Crippen molar-refractivity contribution in [2.75, 3.05) is 4.90 Å². The first-order chi connectivity index (χ1) is 26.7. The Labute approximate surface area is 312 Å². The van der Waals surface area contributed by atoms with E-state index in [1.165, 1.54) is 11.1 Å². The minimum absolute atomic E-state index is 0.589. The number of rotatable bonds is 7. The molecule has 5 heteroatoms. The first-order valence-corrected chi connectivity index (χ1v) is 18.0. The molecule has 0 fully saturated rings. The molecule has 0 spiro atoms. The van der Waals surface area contributed by atoms with Crippen LogP contribution in [0.15, 0.2) is 199 Å². The van der Waals surface area contributed by atoms with E-state index in [0.717, 1.165) is 66.5 Å². The van der Waals surface area contributed by atoms with Crippen LogP contribution in [-0.2, 0) is 0 Å². The van der Waals surface area contributed by atoms with Crippen LogP contribution in [0, 0.1) is 0 Å². The number of hydrogen-bond acceptors (Lipinski definition) is 5. The molecule has 10 rings (SSSR count). The Morgan fingerprint density at radius 2 is 0.907 bits per heavy atom. The van der Waals surface area contributed by atoms with Crippen molar-refractivity contribution in [3.05, 3.63) is 194 Å². The minimum atomic E-state index is 0.589. The maximum atomic E-state index is 6.60. The van der Waals surface area contributed by atoms with E-state index in [0.29, 0.717) is 17.5 Å². The Morgan fingerprint density at radius 1 is 0.352 bits per heavy atom. The van der Waals surface area contributed by atoms with E-state index in [4.69, 9.17) is 19.4 Å². The summed E-state index contributed by atoms with van der Waals surface area (Å²) < 4.78 is 6.60. The summed E-state index contributed by atoms with van der Waals surface area (Å²) in [5.41, 5.74) is 9.80. The number of aromatic nitrogens is 3. The number of benzene rings is 8. The Hall–Kier alpha value is -7.37. The van der Waals surface area contributed by atoms with Crippen molar-refractivity contribution in [3.63, 3.8) is 0 Å². The fraction of sp³-hybridized carbons (Fsp3) is 0. The molecule has 0 aliphatic heterocycles. The first kappa shape index (κ1) is 31.4. The SMILES string of the molecule is c1ccc(-c2ccc3cc(-c4nc(-c5ccccc5)nc(-c5cccc6oc7cc(N(c8ccccc8)c8ccccc8)ccc7c56)n4)ccc3c2)cc1. The number of furan rings is 1. The third-order valence-corrected chi connectivity index (χ3v) is 9.88. The maximum Gasteiger partial charge on any atom is 0.164 e. The van der Waals surface area contributed by atoms with Crippen LogP contribution < -0.4 is 4.90 Å². The van der Waals surface area contributed by atoms with E-state index in [9.17, 15) is 0 Å². The zero-order valence-electron chi connectivity index (χ0n) is 29.2. The summed E-state index contributed by atoms with van der Waals surface area (Å²) in [6.45, 7) is 0. The van der Waals surface area contributed by atoms with Crippen LogP contribution in [0.2, 0.25) is 0 Å². The van der Waals surface area contributed by atoms with Gasteiger partial charge in [0.1, 0.15) is 11.2 Å². The van der Waals surface area contributed by atoms with Crippen LogP contribution in [0.4, 0.5) is 17.1 Å². The average molecular weight is 693 g/mol. The number of hydrogen-bond donors (Lipinski definition) is 0. The Balaban J connectivity index is 1.11. The fourth-order valence-electron chi connectivity index (χ4n) is 7.28. The third kappa shape index (κ3) is 5.74. The highest BCUT2D eigenvalue weighted by molar-refractivity contribution is 6.12. The van der Waals surface area contributed by atoms with Crippen molar-refractivity contribution in [3.8, 4) is 45.3 Å². The number of fused-ring (bicyclic) bond motifs is 4. The number of nitrogens with zero attached hydrogens (tertiary/aromatic N) is 4. The van der Waals surface area contributed by atoms with Gasteiger partial charge < -0.3 is 9.32 Å². The van der Waals surface area contributed by atoms with Gasteiger partial charge in [-0.1, -0.05) is 133 Å². The number of anilines is 3. The lowest BCUT2D eigenvalue weighted by Gasteiger charge is -2.25. The van der Waals surface area contributed by atoms with E-state index in [1.807, 2.05) is 60.7 Å². The molecule has 8 aromatic carbocycles. The second-order valence-electron chi connectivity index (χ2n) is 13.3. The molecule has 0 atom stereocenters. The lowest BCUT2D eigenvalue weighted by atomic mass is 10.00. The molecule has 54 heavy (non-hydrogen) atoms. The second kappa shape index (κ2) is 13.3. The Morgan fingerprint density at radius 3 is 1.57 bits per heavy atom. The van der Waals surface area contributed by atoms with Gasteiger partial charge >= 0.3 is 0 Å². The monoisotopic (exact) mass is 692 g/mol. The molecule has 0 N–H and O–H groups in total. The highest BCUT2D eigenvalue weighted by atomic mass is 16.3. The second-order valence-corrected chi connectivity index (χ2v) is 13.3. The molecule has 0 aliphatic carbocycles. The minimum Gasteiger partial charge on any atom is -0.456 e. The molecule has 10 aromatic rings. The van der Waals surface area contributed by atoms with Crippen LogP contribution >= 0.6 is 0 Å². The molecule has 0 aliphatic rings. The van der Waals surface area contributed by atoms with Crippen LogP contribution in [0.3, 0.4) is 0 Å². The van der Waals surface area contributed by atoms with Gasteiger partial charge in [-0.2, -0.15) is 0 Å². The molecular formula is C49H32N4O. The van der Waals surface area contributed by atoms with Gasteiger partial charge in [0.05, 0.1) is 0 Å². The highest BCUT2D eigenvalue weighted by Crippen LogP contribution is 2.41. The zero-order valence-corrected chi connectivity index (χ0v) is 29.2. The lowest BCUT2D eigenvalue weighted by Crippen LogP contribution is -2.09. The molecule has 2 heterocycles. The molecule has 5 nitrogen and oxygen atoms in total. The van der Waals surface area contributed by atoms with Gasteiger partial charge in [0.15, 0.2) is 17.5 Å². The van der Waals surface area contributed by atoms with Crippen molar-refractivity contribution < 1.29 is 4.42 Å². The Bertz CT molecular complexity index is 2890. The molecule has 0 unspecified atom stereocenters. The predicted octanol–water partition coefficient (Wildman–Crippen LogP) is 13.1. The van der Waals surface area contributed by atoms with E-state index < -0.39 is 0 Å². The predicted molar refractivity (Wildman–Crippen MR) is 221 cm³/mol. The van der Waals surface area contributed by atoms with Gasteiger partial charge in [0.2, 0.25) is 0 Å². The summed E-state index contributed by atoms with van der Waals surface area (Å²) in [5, 5.41) is 4.24. The van der Waals surface area contributed by atoms with Crippen molar-refractivity contribution in [1.82, 2.24) is 15.0 Å². The van der Waals surface area contributed by atoms with Gasteiger partial charge in [-0.3, -0.25) is 0 Å². The Kier molecular flexibility index (Phi) is 7.73. The van der Waals surface area contributed by atoms with E-state index >= 15 is 0 Å². The van der Waals surface area contributed by atoms with Gasteiger partial charge in [-0.25, -0.2) is 15.0 Å². The smallest absolute Gasteiger partial charge is 0.164 e. The van der Waals surface area contributed by atoms with Gasteiger partial charge in [-0.05, 0) is 76.5 Å². The third-order valence-electron chi connectivity index (χ3n) is 9.88. The average Bonchev–Trinajstić information content (AvgIpc) is 3.63. The molecule has 2 aromatic heterocycles. The molecule has 0 radical (unpaired) electrons. The summed E-state index contributed by atoms with van der Waals surface area (Å²) in [7, 11) is 0. The maximum absolute atomic E-state index is 6.60. The van der Waals surface area contributed by atoms with Crippen molar-refractivity contribution in [2.24, 2.45) is 0 Å². The zero-order chi connectivity index (χ0) is 35.8. The van der Waals surface area contributed by atoms with Crippen molar-refractivity contribution in [1.29, 1.82) is 0 Å². The quantitative estimate of drug-likeness (QED) is 0.166. The first-order valence-electron chi connectivity index (χ1n) is 18.0. The van der Waals surface area contributed by atoms with E-state index in [-0.39, 0.29) is 0 Å². The van der Waals surface area contributed by atoms with Gasteiger partial charge in [-0.15, -0.1) is 0 Å². The molecule has 0 saturated heterocycles. The highest BCUT2D eigenvalue weighted by Gasteiger charge is 2.20. The molecule has 0 saturated carbocycles. The fourth-order valence-corrected chi connectivity index (χ4v) is 7.28. The number of para-hydroxylation sites is 2. The molecular weight excluding hydrogens is 661 g/mol. The van der Waals surface area contributed by atoms with Gasteiger partial charge in [0, 0.05) is 50.6 Å². The summed E-state index contributed by atoms with van der Waals surface area (Å²) in [6.07, 6.45) is 0. The summed E-state index contributed by atoms with van der Waals surface area (Å²) >= 11 is 0. The molecule has 0 amide bonds. The van der Waals surface area contributed by atoms with E-state index in [1.54, 1.807) is 0 Å². The standard InChI is InChI=1S/C49H32N4O/c1-5-14-33(15-6-1)35-24-25-37-31-38(27-26-36(37)30-35)48-50-47(34-16-7-2-8-17-34)51-49(52-48)43-22-13-23-44-46(43)42-29-28-41(32-45(42)54-44)53(39-18-9-3-10-19-39)40-20-11-4-12-21-40/h1-32H. The van der Waals surface area contributed by atoms with Crippen LogP contribution in [0.1, 0.15) is 0 Å². The molecule has 254 valence electrons. The normalized spacial score (nSPS) is 11.3. The topological polar surface area (TPSA) is 55.1 Å². The largest absolute Gasteiger partial charge is 0.456 e. The van der Waals surface area contributed by atoms with Crippen LogP contribution in [0.5, 0.6) is 0 Å². The van der Waals surface area contributed by atoms with Crippen LogP contribution in [-0.4, -0.2) is 15.0 Å². The summed E-state index contributed by atoms with van der Waals surface area (Å²) in [4.78, 5) is 17.5. The van der Waals surface area contributed by atoms with Crippen molar-refractivity contribution >= 4 is 49.8 Å². The van der Waals surface area contributed by atoms with Crippen LogP contribution in [0.25, 0.3) is 78.0 Å². The summed E-state index contributed by atoms with van der Waals surface area (Å²) in [5.74, 6) is 1.82. The molecule has 0 bridgehead atoms.